The van der Waals surface area contributed by atoms with Gasteiger partial charge >= 0.3 is 0 Å². The van der Waals surface area contributed by atoms with Gasteiger partial charge in [-0.25, -0.2) is 22.5 Å². The van der Waals surface area contributed by atoms with Crippen LogP contribution in [0.3, 0.4) is 0 Å². The molecule has 1 aliphatic heterocycles. The summed E-state index contributed by atoms with van der Waals surface area (Å²) in [5.41, 5.74) is 1.86. The van der Waals surface area contributed by atoms with E-state index in [4.69, 9.17) is 0 Å². The van der Waals surface area contributed by atoms with Crippen molar-refractivity contribution in [2.45, 2.75) is 10.6 Å². The molecular formula is C20H20FN3O2S2. The molecule has 2 aromatic carbocycles. The van der Waals surface area contributed by atoms with Crippen molar-refractivity contribution in [2.75, 3.05) is 24.5 Å². The lowest BCUT2D eigenvalue weighted by Crippen LogP contribution is -2.30. The second-order valence-corrected chi connectivity index (χ2v) is 9.80. The van der Waals surface area contributed by atoms with E-state index in [-0.39, 0.29) is 15.9 Å². The molecule has 5 nitrogen and oxygen atoms in total. The number of benzene rings is 2. The summed E-state index contributed by atoms with van der Waals surface area (Å²) in [6.07, 6.45) is 2.30. The second kappa shape index (κ2) is 7.98. The molecule has 1 unspecified atom stereocenters. The Bertz CT molecular complexity index is 1040. The predicted molar refractivity (Wildman–Crippen MR) is 109 cm³/mol. The molecule has 28 heavy (non-hydrogen) atoms. The highest BCUT2D eigenvalue weighted by Gasteiger charge is 2.25. The molecule has 1 aromatic heterocycles. The van der Waals surface area contributed by atoms with Crippen molar-refractivity contribution < 1.29 is 12.8 Å². The Labute approximate surface area is 167 Å². The highest BCUT2D eigenvalue weighted by Crippen LogP contribution is 2.28. The SMILES string of the molecule is O=S(=O)(NCC1CCN(c2ccccc2)C1)c1cnc(-c2ccc(F)cc2)s1. The molecule has 4 rings (SSSR count). The number of anilines is 1. The van der Waals surface area contributed by atoms with Crippen LogP contribution in [0.1, 0.15) is 6.42 Å². The maximum Gasteiger partial charge on any atom is 0.251 e. The van der Waals surface area contributed by atoms with Gasteiger partial charge in [0.25, 0.3) is 10.0 Å². The monoisotopic (exact) mass is 417 g/mol. The number of nitrogens with zero attached hydrogens (tertiary/aromatic N) is 2. The van der Waals surface area contributed by atoms with E-state index in [1.54, 1.807) is 12.1 Å². The minimum absolute atomic E-state index is 0.171. The van der Waals surface area contributed by atoms with E-state index in [0.717, 1.165) is 30.8 Å². The number of thiazole rings is 1. The second-order valence-electron chi connectivity index (χ2n) is 6.78. The Morgan fingerprint density at radius 2 is 1.89 bits per heavy atom. The number of aromatic nitrogens is 1. The number of hydrogen-bond donors (Lipinski definition) is 1. The molecule has 0 radical (unpaired) electrons. The molecule has 1 fully saturated rings. The van der Waals surface area contributed by atoms with Gasteiger partial charge in [0.05, 0.1) is 6.20 Å². The molecule has 8 heteroatoms. The molecule has 1 saturated heterocycles. The largest absolute Gasteiger partial charge is 0.371 e. The van der Waals surface area contributed by atoms with Crippen molar-refractivity contribution in [3.63, 3.8) is 0 Å². The first-order valence-electron chi connectivity index (χ1n) is 9.03. The lowest BCUT2D eigenvalue weighted by atomic mass is 10.1. The highest BCUT2D eigenvalue weighted by molar-refractivity contribution is 7.91. The Balaban J connectivity index is 1.38. The van der Waals surface area contributed by atoms with Crippen molar-refractivity contribution in [2.24, 2.45) is 5.92 Å². The quantitative estimate of drug-likeness (QED) is 0.664. The van der Waals surface area contributed by atoms with E-state index in [1.165, 1.54) is 24.0 Å². The third-order valence-electron chi connectivity index (χ3n) is 4.81. The first-order valence-corrected chi connectivity index (χ1v) is 11.3. The Hall–Kier alpha value is -2.29. The zero-order chi connectivity index (χ0) is 19.6. The van der Waals surface area contributed by atoms with Gasteiger partial charge in [-0.15, -0.1) is 11.3 Å². The topological polar surface area (TPSA) is 62.3 Å². The standard InChI is InChI=1S/C20H20FN3O2S2/c21-17-8-6-16(7-9-17)20-22-13-19(27-20)28(25,26)23-12-15-10-11-24(14-15)18-4-2-1-3-5-18/h1-9,13,15,23H,10-12,14H2. The van der Waals surface area contributed by atoms with Gasteiger partial charge in [-0.1, -0.05) is 18.2 Å². The van der Waals surface area contributed by atoms with Gasteiger partial charge in [-0.2, -0.15) is 0 Å². The number of nitrogens with one attached hydrogen (secondary N) is 1. The predicted octanol–water partition coefficient (Wildman–Crippen LogP) is 3.75. The third kappa shape index (κ3) is 4.24. The molecule has 146 valence electrons. The van der Waals surface area contributed by atoms with E-state index in [9.17, 15) is 12.8 Å². The van der Waals surface area contributed by atoms with Gasteiger partial charge in [0.2, 0.25) is 0 Å². The van der Waals surface area contributed by atoms with Gasteiger partial charge in [0, 0.05) is 30.9 Å². The van der Waals surface area contributed by atoms with Crippen LogP contribution in [0.2, 0.25) is 0 Å². The van der Waals surface area contributed by atoms with E-state index in [2.05, 4.69) is 26.7 Å². The summed E-state index contributed by atoms with van der Waals surface area (Å²) in [6.45, 7) is 2.15. The van der Waals surface area contributed by atoms with E-state index in [0.29, 0.717) is 17.1 Å². The smallest absolute Gasteiger partial charge is 0.251 e. The average Bonchev–Trinajstić information content (AvgIpc) is 3.38. The lowest BCUT2D eigenvalue weighted by molar-refractivity contribution is 0.543. The maximum absolute atomic E-state index is 13.1. The van der Waals surface area contributed by atoms with Crippen molar-refractivity contribution in [3.05, 3.63) is 66.6 Å². The molecule has 3 aromatic rings. The van der Waals surface area contributed by atoms with Crippen LogP contribution < -0.4 is 9.62 Å². The van der Waals surface area contributed by atoms with Crippen LogP contribution >= 0.6 is 11.3 Å². The summed E-state index contributed by atoms with van der Waals surface area (Å²) in [6, 6.07) is 16.0. The van der Waals surface area contributed by atoms with Crippen LogP contribution in [-0.2, 0) is 10.0 Å². The number of hydrogen-bond acceptors (Lipinski definition) is 5. The highest BCUT2D eigenvalue weighted by atomic mass is 32.2. The maximum atomic E-state index is 13.1. The summed E-state index contributed by atoms with van der Waals surface area (Å²) >= 11 is 1.08. The van der Waals surface area contributed by atoms with Crippen molar-refractivity contribution in [1.29, 1.82) is 0 Å². The van der Waals surface area contributed by atoms with E-state index >= 15 is 0 Å². The fourth-order valence-corrected chi connectivity index (χ4v) is 5.58. The minimum Gasteiger partial charge on any atom is -0.371 e. The van der Waals surface area contributed by atoms with Crippen LogP contribution in [0.5, 0.6) is 0 Å². The Morgan fingerprint density at radius 3 is 2.64 bits per heavy atom. The summed E-state index contributed by atoms with van der Waals surface area (Å²) in [7, 11) is -3.61. The van der Waals surface area contributed by atoms with Gasteiger partial charge < -0.3 is 4.90 Å². The lowest BCUT2D eigenvalue weighted by Gasteiger charge is -2.18. The number of rotatable bonds is 6. The molecular weight excluding hydrogens is 397 g/mol. The molecule has 1 atom stereocenters. The van der Waals surface area contributed by atoms with E-state index in [1.807, 2.05) is 18.2 Å². The van der Waals surface area contributed by atoms with Crippen LogP contribution in [0.4, 0.5) is 10.1 Å². The van der Waals surface area contributed by atoms with Crippen molar-refractivity contribution in [1.82, 2.24) is 9.71 Å². The zero-order valence-electron chi connectivity index (χ0n) is 15.1. The van der Waals surface area contributed by atoms with Gasteiger partial charge in [0.15, 0.2) is 4.21 Å². The fourth-order valence-electron chi connectivity index (χ4n) is 3.28. The third-order valence-corrected chi connectivity index (χ3v) is 7.74. The zero-order valence-corrected chi connectivity index (χ0v) is 16.7. The van der Waals surface area contributed by atoms with Gasteiger partial charge in [-0.3, -0.25) is 0 Å². The normalized spacial score (nSPS) is 17.2. The summed E-state index contributed by atoms with van der Waals surface area (Å²) < 4.78 is 41.2. The molecule has 0 aliphatic carbocycles. The van der Waals surface area contributed by atoms with Crippen molar-refractivity contribution in [3.8, 4) is 10.6 Å². The molecule has 0 amide bonds. The molecule has 1 N–H and O–H groups in total. The number of sulfonamides is 1. The minimum atomic E-state index is -3.61. The van der Waals surface area contributed by atoms with Crippen LogP contribution in [0.15, 0.2) is 65.0 Å². The Morgan fingerprint density at radius 1 is 1.14 bits per heavy atom. The van der Waals surface area contributed by atoms with Crippen LogP contribution in [0, 0.1) is 11.7 Å². The number of halogens is 1. The van der Waals surface area contributed by atoms with Crippen LogP contribution in [0.25, 0.3) is 10.6 Å². The molecule has 0 saturated carbocycles. The van der Waals surface area contributed by atoms with Crippen LogP contribution in [-0.4, -0.2) is 33.0 Å². The summed E-state index contributed by atoms with van der Waals surface area (Å²) in [4.78, 5) is 6.46. The summed E-state index contributed by atoms with van der Waals surface area (Å²) in [5, 5.41) is 0.552. The summed E-state index contributed by atoms with van der Waals surface area (Å²) in [5.74, 6) is -0.0737. The molecule has 1 aliphatic rings. The fraction of sp³-hybridized carbons (Fsp3) is 0.250. The Kier molecular flexibility index (Phi) is 5.43. The molecule has 2 heterocycles. The first kappa shape index (κ1) is 19.0. The van der Waals surface area contributed by atoms with Gasteiger partial charge in [0.1, 0.15) is 10.8 Å². The van der Waals surface area contributed by atoms with E-state index < -0.39 is 10.0 Å². The van der Waals surface area contributed by atoms with Crippen molar-refractivity contribution >= 4 is 27.0 Å². The first-order chi connectivity index (χ1) is 13.5. The van der Waals surface area contributed by atoms with Gasteiger partial charge in [-0.05, 0) is 48.7 Å². The average molecular weight is 418 g/mol. The molecule has 0 spiro atoms. The molecule has 0 bridgehead atoms. The number of para-hydroxylation sites is 1.